The van der Waals surface area contributed by atoms with Crippen LogP contribution in [-0.2, 0) is 0 Å². The van der Waals surface area contributed by atoms with Gasteiger partial charge in [-0.25, -0.2) is 5.84 Å². The topological polar surface area (TPSA) is 64.3 Å². The minimum Gasteiger partial charge on any atom is -0.406 e. The summed E-state index contributed by atoms with van der Waals surface area (Å²) in [6, 6.07) is 3.33. The number of carbonyl (C=O) groups excluding carboxylic acids is 1. The number of hydrazine groups is 1. The molecule has 4 nitrogen and oxygen atoms in total. The number of rotatable bonds is 2. The summed E-state index contributed by atoms with van der Waals surface area (Å²) in [4.78, 5) is 11.1. The maximum Gasteiger partial charge on any atom is 0.573 e. The first-order chi connectivity index (χ1) is 7.31. The lowest BCUT2D eigenvalue weighted by Crippen LogP contribution is -2.30. The summed E-state index contributed by atoms with van der Waals surface area (Å²) in [5, 5.41) is 0. The fourth-order valence-corrected chi connectivity index (χ4v) is 1.44. The second kappa shape index (κ2) is 4.71. The molecular weight excluding hydrogens is 293 g/mol. The number of carbonyl (C=O) groups is 1. The van der Waals surface area contributed by atoms with Crippen LogP contribution in [-0.4, -0.2) is 12.3 Å². The van der Waals surface area contributed by atoms with Crippen LogP contribution >= 0.6 is 15.9 Å². The number of nitrogens with two attached hydrogens (primary N) is 1. The van der Waals surface area contributed by atoms with Gasteiger partial charge in [0.15, 0.2) is 0 Å². The van der Waals surface area contributed by atoms with Gasteiger partial charge in [-0.2, -0.15) is 0 Å². The highest BCUT2D eigenvalue weighted by atomic mass is 79.9. The van der Waals surface area contributed by atoms with Gasteiger partial charge in [0.25, 0.3) is 5.91 Å². The quantitative estimate of drug-likeness (QED) is 0.498. The van der Waals surface area contributed by atoms with Gasteiger partial charge in [-0.3, -0.25) is 10.2 Å². The zero-order valence-corrected chi connectivity index (χ0v) is 9.22. The molecule has 1 aromatic carbocycles. The molecule has 0 radical (unpaired) electrons. The Morgan fingerprint density at radius 2 is 2.00 bits per heavy atom. The van der Waals surface area contributed by atoms with Crippen molar-refractivity contribution in [2.75, 3.05) is 0 Å². The minimum absolute atomic E-state index is 0.0453. The summed E-state index contributed by atoms with van der Waals surface area (Å²) in [5.74, 6) is 3.64. The Balaban J connectivity index is 3.03. The van der Waals surface area contributed by atoms with Crippen molar-refractivity contribution in [3.63, 3.8) is 0 Å². The monoisotopic (exact) mass is 298 g/mol. The lowest BCUT2D eigenvalue weighted by Gasteiger charge is -2.10. The molecule has 0 unspecified atom stereocenters. The van der Waals surface area contributed by atoms with Crippen LogP contribution in [0.2, 0.25) is 0 Å². The van der Waals surface area contributed by atoms with E-state index in [0.717, 1.165) is 12.1 Å². The van der Waals surface area contributed by atoms with E-state index in [1.807, 2.05) is 0 Å². The van der Waals surface area contributed by atoms with E-state index in [1.165, 1.54) is 6.07 Å². The van der Waals surface area contributed by atoms with Gasteiger partial charge in [-0.05, 0) is 18.2 Å². The molecule has 1 amide bonds. The molecule has 0 heterocycles. The second-order valence-corrected chi connectivity index (χ2v) is 3.61. The van der Waals surface area contributed by atoms with Crippen molar-refractivity contribution in [3.05, 3.63) is 28.2 Å². The van der Waals surface area contributed by atoms with Gasteiger partial charge in [0, 0.05) is 10.0 Å². The number of nitrogens with one attached hydrogen (secondary N) is 1. The molecule has 0 aromatic heterocycles. The van der Waals surface area contributed by atoms with E-state index in [9.17, 15) is 18.0 Å². The third-order valence-electron chi connectivity index (χ3n) is 1.50. The van der Waals surface area contributed by atoms with Gasteiger partial charge in [0.05, 0.1) is 0 Å². The molecule has 8 heteroatoms. The summed E-state index contributed by atoms with van der Waals surface area (Å²) < 4.78 is 39.7. The van der Waals surface area contributed by atoms with E-state index in [4.69, 9.17) is 5.84 Å². The molecular formula is C8H6BrF3N2O2. The maximum absolute atomic E-state index is 11.9. The Bertz CT molecular complexity index is 409. The smallest absolute Gasteiger partial charge is 0.406 e. The molecule has 0 saturated carbocycles. The van der Waals surface area contributed by atoms with Crippen molar-refractivity contribution < 1.29 is 22.7 Å². The number of benzene rings is 1. The molecule has 0 spiro atoms. The van der Waals surface area contributed by atoms with Crippen LogP contribution in [0.4, 0.5) is 13.2 Å². The van der Waals surface area contributed by atoms with Gasteiger partial charge in [0.2, 0.25) is 0 Å². The molecule has 0 atom stereocenters. The van der Waals surface area contributed by atoms with Gasteiger partial charge >= 0.3 is 6.36 Å². The second-order valence-electron chi connectivity index (χ2n) is 2.70. The van der Waals surface area contributed by atoms with Crippen molar-refractivity contribution in [1.82, 2.24) is 5.43 Å². The number of alkyl halides is 3. The Labute approximate surface area is 96.7 Å². The molecule has 88 valence electrons. The van der Waals surface area contributed by atoms with Gasteiger partial charge in [0.1, 0.15) is 5.75 Å². The van der Waals surface area contributed by atoms with Crippen LogP contribution in [0.1, 0.15) is 10.4 Å². The number of amides is 1. The Morgan fingerprint density at radius 1 is 1.38 bits per heavy atom. The standard InChI is InChI=1S/C8H6BrF3N2O2/c9-5-1-4(7(15)14-13)2-6(3-5)16-8(10,11)12/h1-3H,13H2,(H,14,15). The van der Waals surface area contributed by atoms with E-state index in [0.29, 0.717) is 0 Å². The predicted octanol–water partition coefficient (Wildman–Crippen LogP) is 1.95. The maximum atomic E-state index is 11.9. The number of halogens is 4. The molecule has 0 aliphatic heterocycles. The van der Waals surface area contributed by atoms with Crippen molar-refractivity contribution in [2.45, 2.75) is 6.36 Å². The Kier molecular flexibility index (Phi) is 3.76. The first kappa shape index (κ1) is 12.8. The summed E-state index contributed by atoms with van der Waals surface area (Å²) in [6.07, 6.45) is -4.81. The highest BCUT2D eigenvalue weighted by Crippen LogP contribution is 2.27. The fraction of sp³-hybridized carbons (Fsp3) is 0.125. The first-order valence-corrected chi connectivity index (χ1v) is 4.68. The molecule has 1 rings (SSSR count). The highest BCUT2D eigenvalue weighted by molar-refractivity contribution is 9.10. The van der Waals surface area contributed by atoms with E-state index in [2.05, 4.69) is 20.7 Å². The summed E-state index contributed by atoms with van der Waals surface area (Å²) in [6.45, 7) is 0. The van der Waals surface area contributed by atoms with Crippen molar-refractivity contribution in [3.8, 4) is 5.75 Å². The zero-order chi connectivity index (χ0) is 12.3. The van der Waals surface area contributed by atoms with Crippen molar-refractivity contribution in [1.29, 1.82) is 0 Å². The number of ether oxygens (including phenoxy) is 1. The molecule has 0 aliphatic rings. The van der Waals surface area contributed by atoms with Crippen molar-refractivity contribution in [2.24, 2.45) is 5.84 Å². The highest BCUT2D eigenvalue weighted by Gasteiger charge is 2.31. The summed E-state index contributed by atoms with van der Waals surface area (Å²) in [5.41, 5.74) is 1.76. The van der Waals surface area contributed by atoms with Gasteiger partial charge in [-0.1, -0.05) is 15.9 Å². The molecule has 1 aromatic rings. The molecule has 3 N–H and O–H groups in total. The third-order valence-corrected chi connectivity index (χ3v) is 1.96. The van der Waals surface area contributed by atoms with Crippen LogP contribution in [0.3, 0.4) is 0 Å². The van der Waals surface area contributed by atoms with Crippen LogP contribution in [0.15, 0.2) is 22.7 Å². The van der Waals surface area contributed by atoms with Crippen LogP contribution in [0.25, 0.3) is 0 Å². The lowest BCUT2D eigenvalue weighted by molar-refractivity contribution is -0.274. The van der Waals surface area contributed by atoms with E-state index in [-0.39, 0.29) is 10.0 Å². The fourth-order valence-electron chi connectivity index (χ4n) is 0.970. The largest absolute Gasteiger partial charge is 0.573 e. The average molecular weight is 299 g/mol. The number of hydrogen-bond donors (Lipinski definition) is 2. The predicted molar refractivity (Wildman–Crippen MR) is 52.5 cm³/mol. The van der Waals surface area contributed by atoms with E-state index >= 15 is 0 Å². The molecule has 0 saturated heterocycles. The summed E-state index contributed by atoms with van der Waals surface area (Å²) >= 11 is 2.95. The van der Waals surface area contributed by atoms with Gasteiger partial charge < -0.3 is 4.74 Å². The molecule has 0 bridgehead atoms. The normalized spacial score (nSPS) is 11.1. The van der Waals surface area contributed by atoms with Crippen LogP contribution in [0, 0.1) is 0 Å². The Hall–Kier alpha value is -1.28. The van der Waals surface area contributed by atoms with Crippen molar-refractivity contribution >= 4 is 21.8 Å². The SMILES string of the molecule is NNC(=O)c1cc(Br)cc(OC(F)(F)F)c1. The molecule has 16 heavy (non-hydrogen) atoms. The van der Waals surface area contributed by atoms with E-state index in [1.54, 1.807) is 5.43 Å². The van der Waals surface area contributed by atoms with Crippen LogP contribution < -0.4 is 16.0 Å². The summed E-state index contributed by atoms with van der Waals surface area (Å²) in [7, 11) is 0. The van der Waals surface area contributed by atoms with Crippen LogP contribution in [0.5, 0.6) is 5.75 Å². The zero-order valence-electron chi connectivity index (χ0n) is 7.64. The molecule has 0 aliphatic carbocycles. The first-order valence-electron chi connectivity index (χ1n) is 3.89. The lowest BCUT2D eigenvalue weighted by atomic mass is 10.2. The third kappa shape index (κ3) is 3.70. The Morgan fingerprint density at radius 3 is 2.50 bits per heavy atom. The minimum atomic E-state index is -4.81. The number of hydrogen-bond acceptors (Lipinski definition) is 3. The molecule has 0 fully saturated rings. The van der Waals surface area contributed by atoms with Gasteiger partial charge in [-0.15, -0.1) is 13.2 Å². The average Bonchev–Trinajstić information content (AvgIpc) is 2.12. The van der Waals surface area contributed by atoms with E-state index < -0.39 is 18.0 Å². The number of nitrogen functional groups attached to an aromatic ring is 1.